The van der Waals surface area contributed by atoms with Crippen LogP contribution in [0.2, 0.25) is 0 Å². The van der Waals surface area contributed by atoms with Gasteiger partial charge < -0.3 is 0 Å². The number of fused-ring (bicyclic) bond motifs is 5. The highest BCUT2D eigenvalue weighted by atomic mass is 16.1. The fraction of sp³-hybridized carbons (Fsp3) is 0.964. The third kappa shape index (κ3) is 3.10. The summed E-state index contributed by atoms with van der Waals surface area (Å²) in [5.41, 5.74) is 0.900. The molecule has 1 heteroatoms. The number of ketones is 1. The first-order chi connectivity index (χ1) is 13.7. The molecule has 0 aromatic heterocycles. The van der Waals surface area contributed by atoms with E-state index in [0.29, 0.717) is 16.6 Å². The highest BCUT2D eigenvalue weighted by molar-refractivity contribution is 5.88. The fourth-order valence-electron chi connectivity index (χ4n) is 9.83. The van der Waals surface area contributed by atoms with Gasteiger partial charge >= 0.3 is 0 Å². The van der Waals surface area contributed by atoms with E-state index in [1.165, 1.54) is 64.2 Å². The second-order valence-electron chi connectivity index (χ2n) is 12.7. The van der Waals surface area contributed by atoms with Crippen molar-refractivity contribution in [1.82, 2.24) is 0 Å². The molecule has 0 spiro atoms. The Morgan fingerprint density at radius 2 is 1.69 bits per heavy atom. The summed E-state index contributed by atoms with van der Waals surface area (Å²) in [7, 11) is 0. The first-order valence-electron chi connectivity index (χ1n) is 13.2. The van der Waals surface area contributed by atoms with Crippen molar-refractivity contribution in [3.63, 3.8) is 0 Å². The van der Waals surface area contributed by atoms with Gasteiger partial charge in [0.15, 0.2) is 0 Å². The predicted molar refractivity (Wildman–Crippen MR) is 123 cm³/mol. The Labute approximate surface area is 181 Å². The molecule has 4 fully saturated rings. The molecule has 0 amide bonds. The number of carbonyl (C=O) groups is 1. The lowest BCUT2D eigenvalue weighted by atomic mass is 9.43. The minimum atomic E-state index is 0.0318. The van der Waals surface area contributed by atoms with E-state index in [1.807, 2.05) is 0 Å². The van der Waals surface area contributed by atoms with Gasteiger partial charge in [-0.15, -0.1) is 0 Å². The van der Waals surface area contributed by atoms with Gasteiger partial charge in [-0.25, -0.2) is 0 Å². The third-order valence-electron chi connectivity index (χ3n) is 11.5. The molecule has 1 nitrogen and oxygen atoms in total. The van der Waals surface area contributed by atoms with Crippen molar-refractivity contribution in [3.05, 3.63) is 0 Å². The SMILES string of the molecule is CCC12CCC3C4CCC(C(C)CCCC(C)C)C4(C)CCC3C1(C)CCC2=O. The molecule has 0 aromatic carbocycles. The van der Waals surface area contributed by atoms with Crippen molar-refractivity contribution >= 4 is 5.78 Å². The van der Waals surface area contributed by atoms with Crippen LogP contribution < -0.4 is 0 Å². The number of carbonyl (C=O) groups excluding carboxylic acids is 1. The quantitative estimate of drug-likeness (QED) is 0.440. The average Bonchev–Trinajstić information content (AvgIpc) is 3.16. The van der Waals surface area contributed by atoms with Gasteiger partial charge in [0.25, 0.3) is 0 Å². The average molecular weight is 401 g/mol. The van der Waals surface area contributed by atoms with Crippen molar-refractivity contribution < 1.29 is 4.79 Å². The minimum absolute atomic E-state index is 0.0318. The molecule has 4 saturated carbocycles. The van der Waals surface area contributed by atoms with Crippen molar-refractivity contribution in [3.8, 4) is 0 Å². The van der Waals surface area contributed by atoms with Crippen molar-refractivity contribution in [2.24, 2.45) is 51.8 Å². The van der Waals surface area contributed by atoms with Crippen molar-refractivity contribution in [2.75, 3.05) is 0 Å². The van der Waals surface area contributed by atoms with E-state index in [0.717, 1.165) is 48.3 Å². The zero-order valence-corrected chi connectivity index (χ0v) is 20.4. The summed E-state index contributed by atoms with van der Waals surface area (Å²) in [4.78, 5) is 13.0. The van der Waals surface area contributed by atoms with Crippen LogP contribution in [-0.4, -0.2) is 5.78 Å². The van der Waals surface area contributed by atoms with Crippen LogP contribution in [0.4, 0.5) is 0 Å². The number of rotatable bonds is 6. The second-order valence-corrected chi connectivity index (χ2v) is 12.7. The molecule has 0 heterocycles. The van der Waals surface area contributed by atoms with Gasteiger partial charge in [0, 0.05) is 11.8 Å². The maximum atomic E-state index is 13.0. The van der Waals surface area contributed by atoms with Gasteiger partial charge in [0.05, 0.1) is 0 Å². The van der Waals surface area contributed by atoms with Crippen LogP contribution in [0.25, 0.3) is 0 Å². The van der Waals surface area contributed by atoms with Gasteiger partial charge in [-0.05, 0) is 97.7 Å². The highest BCUT2D eigenvalue weighted by Gasteiger charge is 2.67. The molecular formula is C28H48O. The van der Waals surface area contributed by atoms with Crippen LogP contribution in [0.3, 0.4) is 0 Å². The molecular weight excluding hydrogens is 352 g/mol. The predicted octanol–water partition coefficient (Wildman–Crippen LogP) is 8.07. The standard InChI is InChI=1S/C28H48O/c1-7-28-18-13-21-23-12-11-22(20(4)10-8-9-19(2)3)26(23,5)16-14-24(21)27(28,6)17-15-25(28)29/h19-24H,7-18H2,1-6H3. The zero-order chi connectivity index (χ0) is 21.0. The van der Waals surface area contributed by atoms with E-state index in [4.69, 9.17) is 0 Å². The first kappa shape index (κ1) is 21.9. The third-order valence-corrected chi connectivity index (χ3v) is 11.5. The highest BCUT2D eigenvalue weighted by Crippen LogP contribution is 2.72. The normalized spacial score (nSPS) is 47.8. The maximum Gasteiger partial charge on any atom is 0.139 e. The molecule has 0 aliphatic heterocycles. The van der Waals surface area contributed by atoms with Gasteiger partial charge in [0.1, 0.15) is 5.78 Å². The maximum absolute atomic E-state index is 13.0. The molecule has 0 aromatic rings. The first-order valence-corrected chi connectivity index (χ1v) is 13.2. The molecule has 8 atom stereocenters. The molecule has 0 N–H and O–H groups in total. The van der Waals surface area contributed by atoms with E-state index in [2.05, 4.69) is 41.5 Å². The monoisotopic (exact) mass is 400 g/mol. The van der Waals surface area contributed by atoms with E-state index >= 15 is 0 Å². The minimum Gasteiger partial charge on any atom is -0.299 e. The molecule has 8 unspecified atom stereocenters. The van der Waals surface area contributed by atoms with Crippen LogP contribution in [0.1, 0.15) is 119 Å². The summed E-state index contributed by atoms with van der Waals surface area (Å²) in [5.74, 6) is 5.95. The van der Waals surface area contributed by atoms with E-state index in [1.54, 1.807) is 0 Å². The summed E-state index contributed by atoms with van der Waals surface area (Å²) in [5, 5.41) is 0. The van der Waals surface area contributed by atoms with Gasteiger partial charge in [-0.3, -0.25) is 4.79 Å². The van der Waals surface area contributed by atoms with Gasteiger partial charge in [-0.1, -0.05) is 60.8 Å². The van der Waals surface area contributed by atoms with Crippen molar-refractivity contribution in [2.45, 2.75) is 119 Å². The molecule has 29 heavy (non-hydrogen) atoms. The van der Waals surface area contributed by atoms with Crippen LogP contribution in [-0.2, 0) is 4.79 Å². The topological polar surface area (TPSA) is 17.1 Å². The second kappa shape index (κ2) is 7.67. The molecule has 0 radical (unpaired) electrons. The Bertz CT molecular complexity index is 622. The van der Waals surface area contributed by atoms with E-state index in [9.17, 15) is 4.79 Å². The Kier molecular flexibility index (Phi) is 5.79. The lowest BCUT2D eigenvalue weighted by Gasteiger charge is -2.61. The van der Waals surface area contributed by atoms with Crippen LogP contribution in [0.5, 0.6) is 0 Å². The van der Waals surface area contributed by atoms with Gasteiger partial charge in [0.2, 0.25) is 0 Å². The van der Waals surface area contributed by atoms with Crippen LogP contribution in [0.15, 0.2) is 0 Å². The van der Waals surface area contributed by atoms with Crippen molar-refractivity contribution in [1.29, 1.82) is 0 Å². The molecule has 166 valence electrons. The van der Waals surface area contributed by atoms with Crippen LogP contribution >= 0.6 is 0 Å². The Morgan fingerprint density at radius 1 is 0.931 bits per heavy atom. The number of hydrogen-bond acceptors (Lipinski definition) is 1. The summed E-state index contributed by atoms with van der Waals surface area (Å²) in [6.45, 7) is 14.8. The zero-order valence-electron chi connectivity index (χ0n) is 20.4. The Hall–Kier alpha value is -0.330. The molecule has 4 aliphatic rings. The van der Waals surface area contributed by atoms with Gasteiger partial charge in [-0.2, -0.15) is 0 Å². The summed E-state index contributed by atoms with van der Waals surface area (Å²) >= 11 is 0. The number of Topliss-reactive ketones (excluding diaryl/α,β-unsaturated/α-hetero) is 1. The summed E-state index contributed by atoms with van der Waals surface area (Å²) in [6, 6.07) is 0. The van der Waals surface area contributed by atoms with E-state index in [-0.39, 0.29) is 5.41 Å². The largest absolute Gasteiger partial charge is 0.299 e. The van der Waals surface area contributed by atoms with E-state index < -0.39 is 0 Å². The molecule has 4 rings (SSSR count). The fourth-order valence-corrected chi connectivity index (χ4v) is 9.83. The van der Waals surface area contributed by atoms with Crippen LogP contribution in [0, 0.1) is 51.8 Å². The lowest BCUT2D eigenvalue weighted by Crippen LogP contribution is -2.56. The lowest BCUT2D eigenvalue weighted by molar-refractivity contribution is -0.152. The number of hydrogen-bond donors (Lipinski definition) is 0. The smallest absolute Gasteiger partial charge is 0.139 e. The molecule has 0 saturated heterocycles. The summed E-state index contributed by atoms with van der Waals surface area (Å²) < 4.78 is 0. The molecule has 4 aliphatic carbocycles. The Morgan fingerprint density at radius 3 is 2.38 bits per heavy atom. The molecule has 0 bridgehead atoms. The summed E-state index contributed by atoms with van der Waals surface area (Å²) in [6.07, 6.45) is 15.7. The Balaban J connectivity index is 1.52.